The highest BCUT2D eigenvalue weighted by atomic mass is 14.2. The average molecular weight is 1090 g/mol. The largest absolute Gasteiger partial charge is 0.0882 e. The van der Waals surface area contributed by atoms with Gasteiger partial charge < -0.3 is 0 Å². The van der Waals surface area contributed by atoms with Gasteiger partial charge in [0.25, 0.3) is 0 Å². The first-order chi connectivity index (χ1) is 38.4. The fourth-order valence-electron chi connectivity index (χ4n) is 4.78. The smallest absolute Gasteiger partial charge is 0.0316 e. The lowest BCUT2D eigenvalue weighted by molar-refractivity contribution is 0.346. The average Bonchev–Trinajstić information content (AvgIpc) is 2.88. The number of allylic oxidation sites excluding steroid dienone is 8. The minimum absolute atomic E-state index is 0. The summed E-state index contributed by atoms with van der Waals surface area (Å²) in [5, 5.41) is 0. The second kappa shape index (κ2) is 72.1. The molecule has 0 aromatic carbocycles. The van der Waals surface area contributed by atoms with Gasteiger partial charge in [-0.15, -0.1) is 0 Å². The molecule has 0 aliphatic heterocycles. The lowest BCUT2D eigenvalue weighted by atomic mass is 9.88. The van der Waals surface area contributed by atoms with Crippen molar-refractivity contribution in [2.45, 2.75) is 445 Å². The molecule has 19 aliphatic rings. The van der Waals surface area contributed by atoms with E-state index in [9.17, 15) is 0 Å². The summed E-state index contributed by atoms with van der Waals surface area (Å²) in [5.74, 6) is 1.06. The Morgan fingerprint density at radius 3 is 0.192 bits per heavy atom. The van der Waals surface area contributed by atoms with Gasteiger partial charge >= 0.3 is 0 Å². The molecule has 0 heterocycles. The van der Waals surface area contributed by atoms with Crippen LogP contribution in [0.15, 0.2) is 48.6 Å². The van der Waals surface area contributed by atoms with E-state index in [1.54, 1.807) is 0 Å². The van der Waals surface area contributed by atoms with E-state index in [1.807, 2.05) is 0 Å². The van der Waals surface area contributed by atoms with E-state index in [0.717, 1.165) is 5.92 Å². The van der Waals surface area contributed by atoms with E-state index in [4.69, 9.17) is 0 Å². The molecule has 0 aromatic heterocycles. The lowest BCUT2D eigenvalue weighted by Gasteiger charge is -2.18. The topological polar surface area (TPSA) is 0 Å². The molecule has 0 bridgehead atoms. The van der Waals surface area contributed by atoms with E-state index in [2.05, 4.69) is 55.5 Å². The molecule has 0 unspecified atom stereocenters. The van der Waals surface area contributed by atoms with Gasteiger partial charge in [-0.25, -0.2) is 0 Å². The summed E-state index contributed by atoms with van der Waals surface area (Å²) in [6.45, 7) is 2.31. The first kappa shape index (κ1) is 77.0. The molecule has 0 aromatic rings. The highest BCUT2D eigenvalue weighted by Gasteiger charge is 2.09. The standard InChI is InChI=1S/C5H10.14C4H8.4C4H6.CH4/c1-5-3-2-4-5;18*1-2-4-3-1;/h5H,2-4H2,1H3;14*1-4H2;4*1-2H,3-4H2;1H4. The summed E-state index contributed by atoms with van der Waals surface area (Å²) < 4.78 is 0. The minimum Gasteiger partial charge on any atom is -0.0882 e. The molecule has 462 valence electrons. The number of hydrogen-bond donors (Lipinski definition) is 0. The van der Waals surface area contributed by atoms with Crippen LogP contribution in [0.4, 0.5) is 0 Å². The molecule has 19 aliphatic carbocycles. The van der Waals surface area contributed by atoms with Crippen LogP contribution in [0.1, 0.15) is 445 Å². The second-order valence-corrected chi connectivity index (χ2v) is 26.0. The summed E-state index contributed by atoms with van der Waals surface area (Å²) in [6, 6.07) is 0. The monoisotopic (exact) mass is 1090 g/mol. The quantitative estimate of drug-likeness (QED) is 0.212. The summed E-state index contributed by atoms with van der Waals surface area (Å²) in [7, 11) is 0. The molecule has 0 spiro atoms. The summed E-state index contributed by atoms with van der Waals surface area (Å²) in [6.07, 6.45) is 116. The zero-order valence-electron chi connectivity index (χ0n) is 53.6. The van der Waals surface area contributed by atoms with Gasteiger partial charge in [0.15, 0.2) is 0 Å². The summed E-state index contributed by atoms with van der Waals surface area (Å²) in [5.41, 5.74) is 0. The second-order valence-electron chi connectivity index (χ2n) is 26.0. The Balaban J connectivity index is 0.000000802. The van der Waals surface area contributed by atoms with Crippen LogP contribution in [0.3, 0.4) is 0 Å². The van der Waals surface area contributed by atoms with Gasteiger partial charge in [0.05, 0.1) is 0 Å². The van der Waals surface area contributed by atoms with E-state index >= 15 is 0 Å². The maximum atomic E-state index is 2.31. The predicted molar refractivity (Wildman–Crippen MR) is 362 cm³/mol. The Hall–Kier alpha value is -1.04. The summed E-state index contributed by atoms with van der Waals surface area (Å²) in [4.78, 5) is 0. The maximum Gasteiger partial charge on any atom is -0.0316 e. The SMILES string of the molecule is C.C1=CCC1.C1=CCC1.C1=CCC1.C1=CCC1.C1CCC1.C1CCC1.C1CCC1.C1CCC1.C1CCC1.C1CCC1.C1CCC1.C1CCC1.C1CCC1.C1CCC1.C1CCC1.C1CCC1.C1CCC1.C1CCC1.CC1CCC1. The zero-order valence-corrected chi connectivity index (χ0v) is 53.6. The van der Waals surface area contributed by atoms with Gasteiger partial charge in [-0.1, -0.05) is 442 Å². The summed E-state index contributed by atoms with van der Waals surface area (Å²) >= 11 is 0. The molecular weight excluding hydrogens is 937 g/mol. The molecule has 0 heteroatoms. The van der Waals surface area contributed by atoms with Crippen LogP contribution < -0.4 is 0 Å². The molecule has 19 rings (SSSR count). The van der Waals surface area contributed by atoms with Crippen LogP contribution in [0.2, 0.25) is 0 Å². The van der Waals surface area contributed by atoms with E-state index in [-0.39, 0.29) is 7.43 Å². The van der Waals surface area contributed by atoms with Gasteiger partial charge in [0, 0.05) is 0 Å². The lowest BCUT2D eigenvalue weighted by Crippen LogP contribution is -2.04. The number of rotatable bonds is 0. The van der Waals surface area contributed by atoms with Crippen molar-refractivity contribution in [1.82, 2.24) is 0 Å². The minimum atomic E-state index is 0. The maximum absolute atomic E-state index is 2.31. The van der Waals surface area contributed by atoms with Crippen LogP contribution in [0.5, 0.6) is 0 Å². The van der Waals surface area contributed by atoms with E-state index in [1.165, 1.54) is 430 Å². The van der Waals surface area contributed by atoms with E-state index in [0.29, 0.717) is 0 Å². The molecule has 0 radical (unpaired) electrons. The molecule has 15 fully saturated rings. The highest BCUT2D eigenvalue weighted by Crippen LogP contribution is 2.25. The molecule has 0 amide bonds. The molecule has 0 N–H and O–H groups in total. The Labute approximate surface area is 496 Å². The molecule has 15 saturated carbocycles. The van der Waals surface area contributed by atoms with Crippen molar-refractivity contribution in [1.29, 1.82) is 0 Å². The predicted octanol–water partition coefficient (Wildman–Crippen LogP) is 29.6. The van der Waals surface area contributed by atoms with Gasteiger partial charge in [-0.05, 0) is 57.3 Å². The van der Waals surface area contributed by atoms with Gasteiger partial charge in [-0.2, -0.15) is 0 Å². The highest BCUT2D eigenvalue weighted by molar-refractivity contribution is 4.94. The van der Waals surface area contributed by atoms with Crippen molar-refractivity contribution >= 4 is 0 Å². The Kier molecular flexibility index (Phi) is 71.1. The van der Waals surface area contributed by atoms with E-state index < -0.39 is 0 Å². The first-order valence-corrected chi connectivity index (χ1v) is 37.0. The van der Waals surface area contributed by atoms with Crippen LogP contribution in [-0.2, 0) is 0 Å². The third-order valence-corrected chi connectivity index (χ3v) is 18.1. The van der Waals surface area contributed by atoms with Crippen LogP contribution in [0.25, 0.3) is 0 Å². The van der Waals surface area contributed by atoms with Crippen molar-refractivity contribution in [2.24, 2.45) is 5.92 Å². The molecular formula is C78H150. The normalized spacial score (nSPS) is 23.0. The fourth-order valence-corrected chi connectivity index (χ4v) is 4.78. The van der Waals surface area contributed by atoms with Gasteiger partial charge in [-0.3, -0.25) is 0 Å². The van der Waals surface area contributed by atoms with Crippen molar-refractivity contribution < 1.29 is 0 Å². The molecule has 78 heavy (non-hydrogen) atoms. The van der Waals surface area contributed by atoms with Crippen LogP contribution in [-0.4, -0.2) is 0 Å². The third-order valence-electron chi connectivity index (χ3n) is 18.1. The van der Waals surface area contributed by atoms with Crippen molar-refractivity contribution in [3.05, 3.63) is 48.6 Å². The Morgan fingerprint density at radius 1 is 0.141 bits per heavy atom. The van der Waals surface area contributed by atoms with Gasteiger partial charge in [0.2, 0.25) is 0 Å². The van der Waals surface area contributed by atoms with Gasteiger partial charge in [0.1, 0.15) is 0 Å². The van der Waals surface area contributed by atoms with Crippen LogP contribution in [0, 0.1) is 5.92 Å². The molecule has 0 nitrogen and oxygen atoms in total. The Morgan fingerprint density at radius 2 is 0.192 bits per heavy atom. The molecule has 0 atom stereocenters. The zero-order chi connectivity index (χ0) is 54.6. The van der Waals surface area contributed by atoms with Crippen molar-refractivity contribution in [2.75, 3.05) is 0 Å². The Bertz CT molecular complexity index is 743. The third kappa shape index (κ3) is 69.2. The molecule has 0 saturated heterocycles. The first-order valence-electron chi connectivity index (χ1n) is 37.0. The van der Waals surface area contributed by atoms with Crippen LogP contribution >= 0.6 is 0 Å². The van der Waals surface area contributed by atoms with Crippen molar-refractivity contribution in [3.63, 3.8) is 0 Å². The van der Waals surface area contributed by atoms with Crippen molar-refractivity contribution in [3.8, 4) is 0 Å². The fraction of sp³-hybridized carbons (Fsp3) is 0.897. The number of hydrogen-bond acceptors (Lipinski definition) is 0.